The zero-order valence-corrected chi connectivity index (χ0v) is 16.2. The van der Waals surface area contributed by atoms with Crippen molar-refractivity contribution in [3.8, 4) is 11.5 Å². The number of benzene rings is 2. The number of amides is 1. The molecule has 0 radical (unpaired) electrons. The molecular weight excluding hydrogens is 326 g/mol. The molecule has 26 heavy (non-hydrogen) atoms. The third-order valence-corrected chi connectivity index (χ3v) is 4.79. The molecular formula is C22H27NO3. The van der Waals surface area contributed by atoms with Crippen molar-refractivity contribution in [2.24, 2.45) is 0 Å². The molecule has 4 nitrogen and oxygen atoms in total. The van der Waals surface area contributed by atoms with Crippen LogP contribution in [0.1, 0.15) is 48.6 Å². The fourth-order valence-electron chi connectivity index (χ4n) is 3.57. The summed E-state index contributed by atoms with van der Waals surface area (Å²) in [4.78, 5) is 12.7. The predicted octanol–water partition coefficient (Wildman–Crippen LogP) is 4.27. The number of rotatable bonds is 4. The topological polar surface area (TPSA) is 47.6 Å². The fraction of sp³-hybridized carbons (Fsp3) is 0.409. The summed E-state index contributed by atoms with van der Waals surface area (Å²) in [6, 6.07) is 12.0. The van der Waals surface area contributed by atoms with Gasteiger partial charge in [0.25, 0.3) is 0 Å². The monoisotopic (exact) mass is 353 g/mol. The van der Waals surface area contributed by atoms with Crippen LogP contribution in [0.3, 0.4) is 0 Å². The number of carbonyl (C=O) groups is 1. The maximum atomic E-state index is 12.7. The molecule has 1 atom stereocenters. The van der Waals surface area contributed by atoms with Crippen molar-refractivity contribution < 1.29 is 14.3 Å². The summed E-state index contributed by atoms with van der Waals surface area (Å²) >= 11 is 0. The second kappa shape index (κ2) is 7.02. The van der Waals surface area contributed by atoms with E-state index < -0.39 is 0 Å². The molecule has 0 saturated carbocycles. The maximum Gasteiger partial charge on any atom is 0.224 e. The molecule has 0 bridgehead atoms. The van der Waals surface area contributed by atoms with E-state index >= 15 is 0 Å². The second-order valence-electron chi connectivity index (χ2n) is 7.71. The van der Waals surface area contributed by atoms with E-state index in [0.29, 0.717) is 6.42 Å². The number of carbonyl (C=O) groups excluding carboxylic acids is 1. The molecule has 138 valence electrons. The van der Waals surface area contributed by atoms with Crippen LogP contribution in [0, 0.1) is 13.8 Å². The zero-order valence-electron chi connectivity index (χ0n) is 16.2. The average molecular weight is 353 g/mol. The van der Waals surface area contributed by atoms with Crippen LogP contribution >= 0.6 is 0 Å². The fourth-order valence-corrected chi connectivity index (χ4v) is 3.57. The Labute approximate surface area is 155 Å². The minimum Gasteiger partial charge on any atom is -0.496 e. The van der Waals surface area contributed by atoms with Gasteiger partial charge in [0.1, 0.15) is 17.1 Å². The largest absolute Gasteiger partial charge is 0.496 e. The van der Waals surface area contributed by atoms with Crippen molar-refractivity contribution >= 4 is 5.91 Å². The first-order valence-corrected chi connectivity index (χ1v) is 9.00. The summed E-state index contributed by atoms with van der Waals surface area (Å²) < 4.78 is 11.4. The van der Waals surface area contributed by atoms with Crippen LogP contribution in [0.2, 0.25) is 0 Å². The SMILES string of the molecule is COc1ccc(CC(=O)N[C@H]2CC(C)(C)Oc3cc(C)ccc32)cc1C. The van der Waals surface area contributed by atoms with Gasteiger partial charge in [-0.1, -0.05) is 24.3 Å². The first-order chi connectivity index (χ1) is 12.3. The highest BCUT2D eigenvalue weighted by molar-refractivity contribution is 5.79. The van der Waals surface area contributed by atoms with Gasteiger partial charge >= 0.3 is 0 Å². The van der Waals surface area contributed by atoms with E-state index in [4.69, 9.17) is 9.47 Å². The Balaban J connectivity index is 1.76. The standard InChI is InChI=1S/C22H27NO3/c1-14-6-8-17-18(13-22(3,4)26-20(17)10-14)23-21(24)12-16-7-9-19(25-5)15(2)11-16/h6-11,18H,12-13H2,1-5H3,(H,23,24)/t18-/m0/s1. The minimum atomic E-state index is -0.310. The maximum absolute atomic E-state index is 12.7. The lowest BCUT2D eigenvalue weighted by Gasteiger charge is -2.38. The van der Waals surface area contributed by atoms with Gasteiger partial charge in [0, 0.05) is 12.0 Å². The zero-order chi connectivity index (χ0) is 18.9. The highest BCUT2D eigenvalue weighted by Gasteiger charge is 2.34. The first-order valence-electron chi connectivity index (χ1n) is 9.00. The van der Waals surface area contributed by atoms with E-state index in [2.05, 4.69) is 31.3 Å². The van der Waals surface area contributed by atoms with E-state index in [1.807, 2.05) is 38.1 Å². The number of nitrogens with one attached hydrogen (secondary N) is 1. The Hall–Kier alpha value is -2.49. The summed E-state index contributed by atoms with van der Waals surface area (Å²) in [5.74, 6) is 1.72. The molecule has 0 aromatic heterocycles. The van der Waals surface area contributed by atoms with Gasteiger partial charge in [-0.25, -0.2) is 0 Å². The van der Waals surface area contributed by atoms with Crippen LogP contribution in [-0.2, 0) is 11.2 Å². The van der Waals surface area contributed by atoms with Gasteiger partial charge in [-0.05, 0) is 56.5 Å². The molecule has 0 spiro atoms. The van der Waals surface area contributed by atoms with Gasteiger partial charge in [0.05, 0.1) is 19.6 Å². The summed E-state index contributed by atoms with van der Waals surface area (Å²) in [6.45, 7) is 8.15. The van der Waals surface area contributed by atoms with Gasteiger partial charge < -0.3 is 14.8 Å². The Morgan fingerprint density at radius 1 is 1.23 bits per heavy atom. The number of hydrogen-bond donors (Lipinski definition) is 1. The van der Waals surface area contributed by atoms with E-state index in [1.165, 1.54) is 0 Å². The molecule has 1 heterocycles. The van der Waals surface area contributed by atoms with Gasteiger partial charge in [-0.3, -0.25) is 4.79 Å². The van der Waals surface area contributed by atoms with Gasteiger partial charge in [0.15, 0.2) is 0 Å². The van der Waals surface area contributed by atoms with Crippen molar-refractivity contribution in [2.45, 2.75) is 52.2 Å². The molecule has 4 heteroatoms. The molecule has 2 aromatic carbocycles. The van der Waals surface area contributed by atoms with Crippen LogP contribution in [0.4, 0.5) is 0 Å². The number of methoxy groups -OCH3 is 1. The van der Waals surface area contributed by atoms with Crippen molar-refractivity contribution in [1.82, 2.24) is 5.32 Å². The predicted molar refractivity (Wildman–Crippen MR) is 103 cm³/mol. The second-order valence-corrected chi connectivity index (χ2v) is 7.71. The van der Waals surface area contributed by atoms with Crippen molar-refractivity contribution in [3.63, 3.8) is 0 Å². The van der Waals surface area contributed by atoms with Crippen LogP contribution < -0.4 is 14.8 Å². The van der Waals surface area contributed by atoms with E-state index in [9.17, 15) is 4.79 Å². The van der Waals surface area contributed by atoms with Crippen LogP contribution in [0.25, 0.3) is 0 Å². The summed E-state index contributed by atoms with van der Waals surface area (Å²) in [6.07, 6.45) is 1.10. The molecule has 1 aliphatic heterocycles. The lowest BCUT2D eigenvalue weighted by molar-refractivity contribution is -0.121. The molecule has 3 rings (SSSR count). The van der Waals surface area contributed by atoms with Crippen LogP contribution in [0.15, 0.2) is 36.4 Å². The first kappa shape index (κ1) is 18.3. The number of fused-ring (bicyclic) bond motifs is 1. The van der Waals surface area contributed by atoms with Gasteiger partial charge in [-0.2, -0.15) is 0 Å². The highest BCUT2D eigenvalue weighted by Crippen LogP contribution is 2.39. The lowest BCUT2D eigenvalue weighted by atomic mass is 9.89. The quantitative estimate of drug-likeness (QED) is 0.893. The molecule has 0 aliphatic carbocycles. The Bertz CT molecular complexity index is 826. The molecule has 1 amide bonds. The van der Waals surface area contributed by atoms with Gasteiger partial charge in [-0.15, -0.1) is 0 Å². The Morgan fingerprint density at radius 2 is 2.00 bits per heavy atom. The summed E-state index contributed by atoms with van der Waals surface area (Å²) in [5, 5.41) is 3.20. The molecule has 1 aliphatic rings. The Morgan fingerprint density at radius 3 is 2.69 bits per heavy atom. The third kappa shape index (κ3) is 4.01. The smallest absolute Gasteiger partial charge is 0.224 e. The number of ether oxygens (including phenoxy) is 2. The minimum absolute atomic E-state index is 0.0174. The van der Waals surface area contributed by atoms with E-state index in [-0.39, 0.29) is 17.6 Å². The van der Waals surface area contributed by atoms with Crippen molar-refractivity contribution in [2.75, 3.05) is 7.11 Å². The number of hydrogen-bond acceptors (Lipinski definition) is 3. The van der Waals surface area contributed by atoms with E-state index in [0.717, 1.165) is 40.2 Å². The summed E-state index contributed by atoms with van der Waals surface area (Å²) in [7, 11) is 1.65. The molecule has 0 saturated heterocycles. The van der Waals surface area contributed by atoms with Gasteiger partial charge in [0.2, 0.25) is 5.91 Å². The normalized spacial score (nSPS) is 17.8. The highest BCUT2D eigenvalue weighted by atomic mass is 16.5. The van der Waals surface area contributed by atoms with Crippen LogP contribution in [-0.4, -0.2) is 18.6 Å². The molecule has 0 fully saturated rings. The van der Waals surface area contributed by atoms with Crippen LogP contribution in [0.5, 0.6) is 11.5 Å². The Kier molecular flexibility index (Phi) is 4.94. The van der Waals surface area contributed by atoms with Crippen molar-refractivity contribution in [3.05, 3.63) is 58.7 Å². The van der Waals surface area contributed by atoms with E-state index in [1.54, 1.807) is 7.11 Å². The van der Waals surface area contributed by atoms with Crippen molar-refractivity contribution in [1.29, 1.82) is 0 Å². The third-order valence-electron chi connectivity index (χ3n) is 4.79. The lowest BCUT2D eigenvalue weighted by Crippen LogP contribution is -2.41. The molecule has 0 unspecified atom stereocenters. The summed E-state index contributed by atoms with van der Waals surface area (Å²) in [5.41, 5.74) is 3.91. The average Bonchev–Trinajstić information content (AvgIpc) is 2.53. The molecule has 1 N–H and O–H groups in total. The number of aryl methyl sites for hydroxylation is 2. The molecule has 2 aromatic rings.